The highest BCUT2D eigenvalue weighted by Crippen LogP contribution is 2.27. The fraction of sp³-hybridized carbons (Fsp3) is 0.333. The van der Waals surface area contributed by atoms with Crippen LogP contribution in [-0.2, 0) is 11.4 Å². The van der Waals surface area contributed by atoms with Crippen molar-refractivity contribution in [1.82, 2.24) is 10.3 Å². The van der Waals surface area contributed by atoms with Gasteiger partial charge in [0.2, 0.25) is 0 Å². The number of carbonyl (C=O) groups excluding carboxylic acids is 1. The molecule has 1 N–H and O–H groups in total. The Balaban J connectivity index is 2.34. The first-order valence-corrected chi connectivity index (χ1v) is 8.34. The Morgan fingerprint density at radius 3 is 2.50 bits per heavy atom. The van der Waals surface area contributed by atoms with E-state index < -0.39 is 24.4 Å². The quantitative estimate of drug-likeness (QED) is 0.799. The molecule has 0 aliphatic carbocycles. The molecule has 0 saturated carbocycles. The Morgan fingerprint density at radius 2 is 1.96 bits per heavy atom. The van der Waals surface area contributed by atoms with Gasteiger partial charge in [0.05, 0.1) is 5.69 Å². The predicted molar refractivity (Wildman–Crippen MR) is 94.4 cm³/mol. The van der Waals surface area contributed by atoms with Crippen molar-refractivity contribution in [3.63, 3.8) is 0 Å². The van der Waals surface area contributed by atoms with Crippen molar-refractivity contribution in [3.8, 4) is 0 Å². The van der Waals surface area contributed by atoms with E-state index in [1.807, 2.05) is 6.07 Å². The van der Waals surface area contributed by atoms with Gasteiger partial charge in [-0.25, -0.2) is 9.18 Å². The predicted octanol–water partition coefficient (Wildman–Crippen LogP) is 4.93. The lowest BCUT2D eigenvalue weighted by Gasteiger charge is -2.24. The molecule has 1 atom stereocenters. The molecule has 0 fully saturated rings. The van der Waals surface area contributed by atoms with E-state index in [9.17, 15) is 9.18 Å². The topological polar surface area (TPSA) is 51.2 Å². The summed E-state index contributed by atoms with van der Waals surface area (Å²) in [7, 11) is 0. The monoisotopic (exact) mass is 394 g/mol. The molecule has 1 heterocycles. The molecule has 0 radical (unpaired) electrons. The summed E-state index contributed by atoms with van der Waals surface area (Å²) in [6.07, 6.45) is 1.11. The summed E-state index contributed by atoms with van der Waals surface area (Å²) in [6, 6.07) is 10.1. The number of hydrogen-bond donors (Lipinski definition) is 1. The zero-order valence-corrected chi connectivity index (χ0v) is 15.4. The van der Waals surface area contributed by atoms with Crippen LogP contribution in [0.1, 0.15) is 43.6 Å². The third-order valence-electron chi connectivity index (χ3n) is 3.19. The number of pyridine rings is 1. The average Bonchev–Trinajstić information content (AvgIpc) is 2.52. The largest absolute Gasteiger partial charge is 0.444 e. The van der Waals surface area contributed by atoms with Gasteiger partial charge in [-0.3, -0.25) is 4.98 Å². The summed E-state index contributed by atoms with van der Waals surface area (Å²) in [5, 5.41) is 2.84. The summed E-state index contributed by atoms with van der Waals surface area (Å²) < 4.78 is 18.8. The van der Waals surface area contributed by atoms with Crippen molar-refractivity contribution in [2.75, 3.05) is 0 Å². The standard InChI is InChI=1S/C18H20BrFN2O2/c1-18(2,3)24-17(23)22-15(16-14(19)5-4-10-21-16)13-8-6-12(11-20)7-9-13/h4-10,15H,11H2,1-3H3,(H,22,23)/t15-/m0/s1. The van der Waals surface area contributed by atoms with Crippen molar-refractivity contribution in [2.45, 2.75) is 39.1 Å². The van der Waals surface area contributed by atoms with Gasteiger partial charge in [0, 0.05) is 10.7 Å². The van der Waals surface area contributed by atoms with Crippen LogP contribution in [0.25, 0.3) is 0 Å². The molecule has 1 amide bonds. The van der Waals surface area contributed by atoms with Gasteiger partial charge in [-0.05, 0) is 60.0 Å². The van der Waals surface area contributed by atoms with E-state index >= 15 is 0 Å². The fourth-order valence-corrected chi connectivity index (χ4v) is 2.63. The molecule has 1 aromatic carbocycles. The molecule has 0 aliphatic rings. The second kappa shape index (κ2) is 7.75. The van der Waals surface area contributed by atoms with Crippen LogP contribution >= 0.6 is 15.9 Å². The van der Waals surface area contributed by atoms with Gasteiger partial charge in [-0.2, -0.15) is 0 Å². The van der Waals surface area contributed by atoms with Crippen LogP contribution in [0.2, 0.25) is 0 Å². The Labute approximate surface area is 149 Å². The first-order chi connectivity index (χ1) is 11.3. The van der Waals surface area contributed by atoms with Gasteiger partial charge in [0.25, 0.3) is 0 Å². The summed E-state index contributed by atoms with van der Waals surface area (Å²) in [5.41, 5.74) is 1.41. The SMILES string of the molecule is CC(C)(C)OC(=O)N[C@@H](c1ccc(CF)cc1)c1ncccc1Br. The lowest BCUT2D eigenvalue weighted by atomic mass is 10.0. The van der Waals surface area contributed by atoms with Crippen LogP contribution in [-0.4, -0.2) is 16.7 Å². The number of ether oxygens (including phenoxy) is 1. The number of nitrogens with zero attached hydrogens (tertiary/aromatic N) is 1. The molecule has 24 heavy (non-hydrogen) atoms. The van der Waals surface area contributed by atoms with Crippen LogP contribution in [0.5, 0.6) is 0 Å². The normalized spacial score (nSPS) is 12.5. The molecular formula is C18H20BrFN2O2. The zero-order chi connectivity index (χ0) is 17.7. The maximum absolute atomic E-state index is 12.7. The minimum absolute atomic E-state index is 0.510. The summed E-state index contributed by atoms with van der Waals surface area (Å²) in [5.74, 6) is 0. The Kier molecular flexibility index (Phi) is 5.94. The van der Waals surface area contributed by atoms with Gasteiger partial charge in [0.1, 0.15) is 18.3 Å². The molecule has 4 nitrogen and oxygen atoms in total. The van der Waals surface area contributed by atoms with E-state index in [1.165, 1.54) is 0 Å². The van der Waals surface area contributed by atoms with Crippen LogP contribution in [0.3, 0.4) is 0 Å². The molecule has 0 spiro atoms. The van der Waals surface area contributed by atoms with Crippen LogP contribution < -0.4 is 5.32 Å². The highest BCUT2D eigenvalue weighted by atomic mass is 79.9. The number of halogens is 2. The number of benzene rings is 1. The highest BCUT2D eigenvalue weighted by molar-refractivity contribution is 9.10. The van der Waals surface area contributed by atoms with Crippen molar-refractivity contribution >= 4 is 22.0 Å². The third kappa shape index (κ3) is 5.03. The molecule has 0 aliphatic heterocycles. The van der Waals surface area contributed by atoms with E-state index in [4.69, 9.17) is 4.74 Å². The Bertz CT molecular complexity index is 699. The third-order valence-corrected chi connectivity index (χ3v) is 3.86. The lowest BCUT2D eigenvalue weighted by molar-refractivity contribution is 0.0511. The lowest BCUT2D eigenvalue weighted by Crippen LogP contribution is -2.35. The molecule has 6 heteroatoms. The van der Waals surface area contributed by atoms with Gasteiger partial charge in [-0.1, -0.05) is 24.3 Å². The summed E-state index contributed by atoms with van der Waals surface area (Å²) >= 11 is 3.46. The molecular weight excluding hydrogens is 375 g/mol. The van der Waals surface area contributed by atoms with Crippen molar-refractivity contribution < 1.29 is 13.9 Å². The number of alkyl halides is 1. The fourth-order valence-electron chi connectivity index (χ4n) is 2.14. The number of carbonyl (C=O) groups is 1. The van der Waals surface area contributed by atoms with Crippen molar-refractivity contribution in [1.29, 1.82) is 0 Å². The second-order valence-electron chi connectivity index (χ2n) is 6.32. The van der Waals surface area contributed by atoms with Gasteiger partial charge < -0.3 is 10.1 Å². The first kappa shape index (κ1) is 18.4. The zero-order valence-electron chi connectivity index (χ0n) is 13.8. The van der Waals surface area contributed by atoms with Crippen LogP contribution in [0.4, 0.5) is 9.18 Å². The molecule has 128 valence electrons. The van der Waals surface area contributed by atoms with Gasteiger partial charge in [0.15, 0.2) is 0 Å². The van der Waals surface area contributed by atoms with Crippen molar-refractivity contribution in [2.24, 2.45) is 0 Å². The van der Waals surface area contributed by atoms with Crippen LogP contribution in [0, 0.1) is 0 Å². The molecule has 2 aromatic rings. The second-order valence-corrected chi connectivity index (χ2v) is 7.18. The highest BCUT2D eigenvalue weighted by Gasteiger charge is 2.24. The van der Waals surface area contributed by atoms with E-state index in [0.717, 1.165) is 10.0 Å². The summed E-state index contributed by atoms with van der Waals surface area (Å²) in [6.45, 7) is 4.87. The van der Waals surface area contributed by atoms with Gasteiger partial charge >= 0.3 is 6.09 Å². The average molecular weight is 395 g/mol. The minimum atomic E-state index is -0.603. The Hall–Kier alpha value is -1.95. The van der Waals surface area contributed by atoms with E-state index in [0.29, 0.717) is 11.3 Å². The number of hydrogen-bond acceptors (Lipinski definition) is 3. The number of aromatic nitrogens is 1. The first-order valence-electron chi connectivity index (χ1n) is 7.55. The smallest absolute Gasteiger partial charge is 0.408 e. The molecule has 0 bridgehead atoms. The maximum Gasteiger partial charge on any atom is 0.408 e. The number of rotatable bonds is 4. The number of alkyl carbamates (subject to hydrolysis) is 1. The molecule has 0 unspecified atom stereocenters. The van der Waals surface area contributed by atoms with Crippen LogP contribution in [0.15, 0.2) is 47.1 Å². The molecule has 2 rings (SSSR count). The van der Waals surface area contributed by atoms with Crippen molar-refractivity contribution in [3.05, 3.63) is 63.9 Å². The molecule has 0 saturated heterocycles. The van der Waals surface area contributed by atoms with Gasteiger partial charge in [-0.15, -0.1) is 0 Å². The van der Waals surface area contributed by atoms with E-state index in [-0.39, 0.29) is 0 Å². The summed E-state index contributed by atoms with van der Waals surface area (Å²) in [4.78, 5) is 16.6. The number of nitrogens with one attached hydrogen (secondary N) is 1. The van der Waals surface area contributed by atoms with E-state index in [1.54, 1.807) is 57.3 Å². The maximum atomic E-state index is 12.7. The number of amides is 1. The van der Waals surface area contributed by atoms with E-state index in [2.05, 4.69) is 26.2 Å². The minimum Gasteiger partial charge on any atom is -0.444 e. The Morgan fingerprint density at radius 1 is 1.29 bits per heavy atom. The molecule has 1 aromatic heterocycles.